The molecule has 2 fully saturated rings. The van der Waals surface area contributed by atoms with Crippen molar-refractivity contribution < 1.29 is 33.5 Å². The van der Waals surface area contributed by atoms with Crippen molar-refractivity contribution in [2.75, 3.05) is 13.8 Å². The zero-order valence-electron chi connectivity index (χ0n) is 24.1. The van der Waals surface area contributed by atoms with Crippen LogP contribution >= 0.6 is 0 Å². The Morgan fingerprint density at radius 2 is 0.844 bits per heavy atom. The van der Waals surface area contributed by atoms with Crippen molar-refractivity contribution in [2.24, 2.45) is 0 Å². The number of benzene rings is 4. The van der Waals surface area contributed by atoms with Crippen LogP contribution in [-0.4, -0.2) is 54.4 Å². The van der Waals surface area contributed by atoms with Crippen molar-refractivity contribution in [1.29, 1.82) is 0 Å². The average Bonchev–Trinajstić information content (AvgIpc) is 3.05. The van der Waals surface area contributed by atoms with Gasteiger partial charge in [-0.3, -0.25) is 35.1 Å². The molecule has 8 amide bonds. The molecule has 4 aromatic rings. The van der Waals surface area contributed by atoms with E-state index in [2.05, 4.69) is 16.0 Å². The third kappa shape index (κ3) is 5.25. The minimum Gasteiger partial charge on any atom is -0.364 e. The maximum absolute atomic E-state index is 13.2. The fourth-order valence-electron chi connectivity index (χ4n) is 5.54. The van der Waals surface area contributed by atoms with Crippen LogP contribution in [0.25, 0.3) is 0 Å². The van der Waals surface area contributed by atoms with Gasteiger partial charge in [0.1, 0.15) is 6.73 Å². The van der Waals surface area contributed by atoms with Crippen molar-refractivity contribution >= 4 is 35.7 Å². The molecule has 11 heteroatoms. The summed E-state index contributed by atoms with van der Waals surface area (Å²) in [6.07, 6.45) is 0. The van der Waals surface area contributed by atoms with Gasteiger partial charge >= 0.3 is 12.1 Å². The molecule has 0 aliphatic carbocycles. The quantitative estimate of drug-likeness (QED) is 0.286. The summed E-state index contributed by atoms with van der Waals surface area (Å²) in [5.74, 6) is -2.58. The number of hydrogen-bond donors (Lipinski definition) is 3. The standard InChI is InChI=1S/C18H16N2O4.C16H12N2O3/c1-24-12-20-16(22)18(15(21)19-17(20)23,13-8-4-2-5-9-13)14-10-6-3-7-11-14;19-13-16(11-7-3-1-4-8-11,12-9-5-2-6-10-12)14(20)18-15(21)17-13/h2-11H,12H2,1H3,(H,19,21,23);1-10H,(H2,17,18,19,20,21). The SMILES string of the molecule is COCN1C(=O)NC(=O)C(c2ccccc2)(c2ccccc2)C1=O.O=C1NC(=O)C(c2ccccc2)(c2ccccc2)C(=O)N1. The zero-order valence-corrected chi connectivity index (χ0v) is 24.1. The van der Waals surface area contributed by atoms with E-state index >= 15 is 0 Å². The number of barbiturate groups is 2. The lowest BCUT2D eigenvalue weighted by Gasteiger charge is -2.39. The van der Waals surface area contributed by atoms with Gasteiger partial charge in [-0.15, -0.1) is 0 Å². The van der Waals surface area contributed by atoms with E-state index in [1.165, 1.54) is 7.11 Å². The minimum atomic E-state index is -1.63. The summed E-state index contributed by atoms with van der Waals surface area (Å²) in [7, 11) is 1.38. The Morgan fingerprint density at radius 1 is 0.511 bits per heavy atom. The van der Waals surface area contributed by atoms with E-state index in [9.17, 15) is 28.8 Å². The van der Waals surface area contributed by atoms with Crippen molar-refractivity contribution in [3.05, 3.63) is 144 Å². The molecule has 0 spiro atoms. The Labute approximate surface area is 258 Å². The third-order valence-corrected chi connectivity index (χ3v) is 7.59. The average molecular weight is 605 g/mol. The Kier molecular flexibility index (Phi) is 8.64. The number of urea groups is 2. The molecule has 0 radical (unpaired) electrons. The molecule has 2 aliphatic rings. The minimum absolute atomic E-state index is 0.237. The van der Waals surface area contributed by atoms with E-state index in [-0.39, 0.29) is 6.73 Å². The summed E-state index contributed by atoms with van der Waals surface area (Å²) in [6, 6.07) is 33.2. The Bertz CT molecular complexity index is 1650. The molecule has 45 heavy (non-hydrogen) atoms. The number of ether oxygens (including phenoxy) is 1. The highest BCUT2D eigenvalue weighted by molar-refractivity contribution is 6.26. The summed E-state index contributed by atoms with van der Waals surface area (Å²) in [5.41, 5.74) is -1.18. The highest BCUT2D eigenvalue weighted by Crippen LogP contribution is 2.37. The van der Waals surface area contributed by atoms with Gasteiger partial charge in [-0.2, -0.15) is 0 Å². The van der Waals surface area contributed by atoms with Crippen molar-refractivity contribution in [2.45, 2.75) is 10.8 Å². The molecule has 0 aromatic heterocycles. The molecule has 6 rings (SSSR count). The van der Waals surface area contributed by atoms with E-state index in [1.807, 2.05) is 0 Å². The Balaban J connectivity index is 0.000000179. The van der Waals surface area contributed by atoms with Crippen LogP contribution in [0, 0.1) is 0 Å². The van der Waals surface area contributed by atoms with Crippen LogP contribution in [0.1, 0.15) is 22.3 Å². The molecule has 226 valence electrons. The van der Waals surface area contributed by atoms with Crippen LogP contribution in [-0.2, 0) is 34.7 Å². The first-order valence-electron chi connectivity index (χ1n) is 13.8. The van der Waals surface area contributed by atoms with Gasteiger partial charge in [0.2, 0.25) is 0 Å². The number of imide groups is 4. The van der Waals surface area contributed by atoms with Gasteiger partial charge < -0.3 is 4.74 Å². The predicted octanol–water partition coefficient (Wildman–Crippen LogP) is 2.99. The van der Waals surface area contributed by atoms with E-state index in [0.717, 1.165) is 4.90 Å². The second kappa shape index (κ2) is 12.7. The summed E-state index contributed by atoms with van der Waals surface area (Å²) >= 11 is 0. The zero-order chi connectivity index (χ0) is 32.0. The molecular formula is C34H28N4O7. The lowest BCUT2D eigenvalue weighted by atomic mass is 9.71. The van der Waals surface area contributed by atoms with Crippen molar-refractivity contribution in [1.82, 2.24) is 20.9 Å². The van der Waals surface area contributed by atoms with E-state index in [4.69, 9.17) is 4.74 Å². The lowest BCUT2D eigenvalue weighted by molar-refractivity contribution is -0.146. The largest absolute Gasteiger partial charge is 0.364 e. The van der Waals surface area contributed by atoms with Crippen LogP contribution in [0.2, 0.25) is 0 Å². The molecule has 3 N–H and O–H groups in total. The number of rotatable bonds is 6. The fraction of sp³-hybridized carbons (Fsp3) is 0.118. The molecule has 2 heterocycles. The van der Waals surface area contributed by atoms with E-state index in [1.54, 1.807) is 121 Å². The van der Waals surface area contributed by atoms with Crippen molar-refractivity contribution in [3.8, 4) is 0 Å². The summed E-state index contributed by atoms with van der Waals surface area (Å²) in [5, 5.41) is 6.66. The highest BCUT2D eigenvalue weighted by atomic mass is 16.5. The first kappa shape index (κ1) is 30.5. The van der Waals surface area contributed by atoms with E-state index < -0.39 is 46.5 Å². The van der Waals surface area contributed by atoms with Gasteiger partial charge in [-0.25, -0.2) is 14.5 Å². The monoisotopic (exact) mass is 604 g/mol. The fourth-order valence-corrected chi connectivity index (χ4v) is 5.54. The molecule has 0 bridgehead atoms. The van der Waals surface area contributed by atoms with Crippen LogP contribution in [0.3, 0.4) is 0 Å². The van der Waals surface area contributed by atoms with Crippen LogP contribution in [0.5, 0.6) is 0 Å². The lowest BCUT2D eigenvalue weighted by Crippen LogP contribution is -2.66. The summed E-state index contributed by atoms with van der Waals surface area (Å²) in [6.45, 7) is -0.237. The van der Waals surface area contributed by atoms with Crippen LogP contribution in [0.15, 0.2) is 121 Å². The number of hydrogen-bond acceptors (Lipinski definition) is 7. The third-order valence-electron chi connectivity index (χ3n) is 7.59. The molecule has 2 saturated heterocycles. The first-order chi connectivity index (χ1) is 21.8. The molecule has 2 aliphatic heterocycles. The topological polar surface area (TPSA) is 151 Å². The van der Waals surface area contributed by atoms with Crippen molar-refractivity contribution in [3.63, 3.8) is 0 Å². The van der Waals surface area contributed by atoms with Gasteiger partial charge in [-0.05, 0) is 22.3 Å². The number of nitrogens with one attached hydrogen (secondary N) is 3. The molecule has 4 aromatic carbocycles. The molecule has 0 atom stereocenters. The normalized spacial score (nSPS) is 17.0. The van der Waals surface area contributed by atoms with Crippen LogP contribution < -0.4 is 16.0 Å². The molecule has 0 unspecified atom stereocenters. The van der Waals surface area contributed by atoms with Gasteiger partial charge in [0.15, 0.2) is 10.8 Å². The number of methoxy groups -OCH3 is 1. The summed E-state index contributed by atoms with van der Waals surface area (Å²) < 4.78 is 4.96. The number of carbonyl (C=O) groups is 6. The first-order valence-corrected chi connectivity index (χ1v) is 13.8. The maximum atomic E-state index is 13.2. The second-order valence-electron chi connectivity index (χ2n) is 10.1. The second-order valence-corrected chi connectivity index (χ2v) is 10.1. The highest BCUT2D eigenvalue weighted by Gasteiger charge is 2.56. The van der Waals surface area contributed by atoms with E-state index in [0.29, 0.717) is 22.3 Å². The van der Waals surface area contributed by atoms with Gasteiger partial charge in [0.25, 0.3) is 23.6 Å². The number of amides is 8. The Morgan fingerprint density at radius 3 is 1.20 bits per heavy atom. The summed E-state index contributed by atoms with van der Waals surface area (Å²) in [4.78, 5) is 75.5. The molecular weight excluding hydrogens is 576 g/mol. The predicted molar refractivity (Wildman–Crippen MR) is 161 cm³/mol. The Hall–Kier alpha value is -5.94. The smallest absolute Gasteiger partial charge is 0.332 e. The van der Waals surface area contributed by atoms with Gasteiger partial charge in [0.05, 0.1) is 0 Å². The molecule has 0 saturated carbocycles. The number of nitrogens with zero attached hydrogens (tertiary/aromatic N) is 1. The van der Waals surface area contributed by atoms with Crippen LogP contribution in [0.4, 0.5) is 9.59 Å². The van der Waals surface area contributed by atoms with Gasteiger partial charge in [0, 0.05) is 7.11 Å². The van der Waals surface area contributed by atoms with Gasteiger partial charge in [-0.1, -0.05) is 121 Å². The molecule has 11 nitrogen and oxygen atoms in total. The maximum Gasteiger partial charge on any atom is 0.332 e. The number of carbonyl (C=O) groups excluding carboxylic acids is 6.